The molecule has 1 N–H and O–H groups in total. The molecule has 0 amide bonds. The molecule has 0 aromatic heterocycles. The summed E-state index contributed by atoms with van der Waals surface area (Å²) in [5.74, 6) is 0.0644. The highest BCUT2D eigenvalue weighted by molar-refractivity contribution is 7.92. The van der Waals surface area contributed by atoms with E-state index in [0.29, 0.717) is 12.0 Å². The molecule has 0 saturated carbocycles. The summed E-state index contributed by atoms with van der Waals surface area (Å²) < 4.78 is 24.9. The molecule has 0 fully saturated rings. The first-order valence-corrected chi connectivity index (χ1v) is 7.25. The number of fused-ring (bicyclic) bond motifs is 1. The van der Waals surface area contributed by atoms with Gasteiger partial charge in [0.2, 0.25) is 0 Å². The maximum Gasteiger partial charge on any atom is 0.186 e. The zero-order valence-corrected chi connectivity index (χ0v) is 10.4. The second-order valence-electron chi connectivity index (χ2n) is 4.40. The average Bonchev–Trinajstić information content (AvgIpc) is 2.64. The van der Waals surface area contributed by atoms with E-state index < -0.39 is 15.1 Å². The molecule has 1 heterocycles. The summed E-state index contributed by atoms with van der Waals surface area (Å²) >= 11 is 0. The van der Waals surface area contributed by atoms with Gasteiger partial charge in [-0.25, -0.2) is 8.42 Å². The van der Waals surface area contributed by atoms with Crippen LogP contribution in [0.2, 0.25) is 0 Å². The number of phenols is 1. The number of hydrogen-bond donors (Lipinski definition) is 1. The van der Waals surface area contributed by atoms with Crippen LogP contribution in [0.25, 0.3) is 0 Å². The van der Waals surface area contributed by atoms with Crippen LogP contribution < -0.4 is 0 Å². The zero-order chi connectivity index (χ0) is 12.8. The third-order valence-electron chi connectivity index (χ3n) is 3.35. The van der Waals surface area contributed by atoms with E-state index in [-0.39, 0.29) is 10.6 Å². The SMILES string of the molecule is O=S1(=O)c2cccc(O)c2CC1c1ccccc1. The Morgan fingerprint density at radius 1 is 1.00 bits per heavy atom. The van der Waals surface area contributed by atoms with Crippen molar-refractivity contribution in [1.82, 2.24) is 0 Å². The smallest absolute Gasteiger partial charge is 0.186 e. The predicted octanol–water partition coefficient (Wildman–Crippen LogP) is 2.46. The number of benzene rings is 2. The van der Waals surface area contributed by atoms with E-state index in [2.05, 4.69) is 0 Å². The van der Waals surface area contributed by atoms with Gasteiger partial charge in [-0.15, -0.1) is 0 Å². The van der Waals surface area contributed by atoms with Gasteiger partial charge in [0, 0.05) is 5.56 Å². The summed E-state index contributed by atoms with van der Waals surface area (Å²) in [4.78, 5) is 0.261. The molecule has 3 nitrogen and oxygen atoms in total. The molecule has 2 aromatic rings. The highest BCUT2D eigenvalue weighted by atomic mass is 32.2. The molecule has 1 atom stereocenters. The summed E-state index contributed by atoms with van der Waals surface area (Å²) in [7, 11) is -3.38. The third-order valence-corrected chi connectivity index (χ3v) is 5.53. The van der Waals surface area contributed by atoms with Gasteiger partial charge in [0.1, 0.15) is 5.75 Å². The molecule has 0 saturated heterocycles. The van der Waals surface area contributed by atoms with Gasteiger partial charge < -0.3 is 5.11 Å². The first-order valence-electron chi connectivity index (χ1n) is 5.70. The summed E-state index contributed by atoms with van der Waals surface area (Å²) in [6.07, 6.45) is 0.342. The van der Waals surface area contributed by atoms with E-state index in [0.717, 1.165) is 5.56 Å². The maximum atomic E-state index is 12.4. The lowest BCUT2D eigenvalue weighted by atomic mass is 10.0. The second-order valence-corrected chi connectivity index (χ2v) is 6.50. The van der Waals surface area contributed by atoms with E-state index in [1.165, 1.54) is 6.07 Å². The quantitative estimate of drug-likeness (QED) is 0.857. The molecule has 1 unspecified atom stereocenters. The van der Waals surface area contributed by atoms with E-state index in [9.17, 15) is 13.5 Å². The summed E-state index contributed by atoms with van der Waals surface area (Å²) in [5, 5.41) is 9.18. The van der Waals surface area contributed by atoms with Gasteiger partial charge in [-0.2, -0.15) is 0 Å². The van der Waals surface area contributed by atoms with Gasteiger partial charge in [0.05, 0.1) is 10.1 Å². The van der Waals surface area contributed by atoms with E-state index >= 15 is 0 Å². The summed E-state index contributed by atoms with van der Waals surface area (Å²) in [6.45, 7) is 0. The van der Waals surface area contributed by atoms with Crippen molar-refractivity contribution < 1.29 is 13.5 Å². The number of phenolic OH excluding ortho intramolecular Hbond substituents is 1. The fourth-order valence-corrected chi connectivity index (χ4v) is 4.45. The number of sulfone groups is 1. The maximum absolute atomic E-state index is 12.4. The molecule has 0 spiro atoms. The predicted molar refractivity (Wildman–Crippen MR) is 68.2 cm³/mol. The Bertz CT molecular complexity index is 690. The Morgan fingerprint density at radius 3 is 2.39 bits per heavy atom. The van der Waals surface area contributed by atoms with Crippen molar-refractivity contribution in [1.29, 1.82) is 0 Å². The summed E-state index contributed by atoms with van der Waals surface area (Å²) in [6, 6.07) is 13.8. The third kappa shape index (κ3) is 1.53. The standard InChI is InChI=1S/C14H12O3S/c15-12-7-4-8-13-11(12)9-14(18(13,16)17)10-5-2-1-3-6-10/h1-8,14-15H,9H2. The topological polar surface area (TPSA) is 54.4 Å². The monoisotopic (exact) mass is 260 g/mol. The number of aromatic hydroxyl groups is 1. The van der Waals surface area contributed by atoms with E-state index in [1.807, 2.05) is 30.3 Å². The molecular weight excluding hydrogens is 248 g/mol. The van der Waals surface area contributed by atoms with Crippen LogP contribution >= 0.6 is 0 Å². The number of rotatable bonds is 1. The molecule has 1 aliphatic heterocycles. The van der Waals surface area contributed by atoms with Gasteiger partial charge in [-0.05, 0) is 24.1 Å². The van der Waals surface area contributed by atoms with Crippen molar-refractivity contribution in [2.75, 3.05) is 0 Å². The molecule has 1 aliphatic rings. The van der Waals surface area contributed by atoms with Crippen LogP contribution in [0.3, 0.4) is 0 Å². The van der Waals surface area contributed by atoms with Crippen LogP contribution in [0.1, 0.15) is 16.4 Å². The fraction of sp³-hybridized carbons (Fsp3) is 0.143. The fourth-order valence-electron chi connectivity index (χ4n) is 2.44. The van der Waals surface area contributed by atoms with Crippen molar-refractivity contribution >= 4 is 9.84 Å². The van der Waals surface area contributed by atoms with Gasteiger partial charge >= 0.3 is 0 Å². The van der Waals surface area contributed by atoms with Crippen molar-refractivity contribution in [3.05, 3.63) is 59.7 Å². The Labute approximate surface area is 106 Å². The summed E-state index contributed by atoms with van der Waals surface area (Å²) in [5.41, 5.74) is 1.31. The van der Waals surface area contributed by atoms with Crippen LogP contribution in [0.5, 0.6) is 5.75 Å². The van der Waals surface area contributed by atoms with Crippen LogP contribution in [-0.4, -0.2) is 13.5 Å². The molecule has 0 radical (unpaired) electrons. The van der Waals surface area contributed by atoms with Crippen LogP contribution in [0, 0.1) is 0 Å². The van der Waals surface area contributed by atoms with Gasteiger partial charge in [0.15, 0.2) is 9.84 Å². The minimum absolute atomic E-state index is 0.0644. The molecule has 92 valence electrons. The zero-order valence-electron chi connectivity index (χ0n) is 9.58. The lowest BCUT2D eigenvalue weighted by Crippen LogP contribution is -2.07. The highest BCUT2D eigenvalue weighted by Crippen LogP contribution is 2.43. The Hall–Kier alpha value is -1.81. The van der Waals surface area contributed by atoms with Crippen molar-refractivity contribution in [3.8, 4) is 5.75 Å². The van der Waals surface area contributed by atoms with Crippen molar-refractivity contribution in [2.45, 2.75) is 16.6 Å². The Balaban J connectivity index is 2.17. The van der Waals surface area contributed by atoms with E-state index in [4.69, 9.17) is 0 Å². The molecule has 0 aliphatic carbocycles. The highest BCUT2D eigenvalue weighted by Gasteiger charge is 2.39. The normalized spacial score (nSPS) is 20.6. The molecule has 2 aromatic carbocycles. The average molecular weight is 260 g/mol. The van der Waals surface area contributed by atoms with Gasteiger partial charge in [-0.1, -0.05) is 36.4 Å². The molecule has 4 heteroatoms. The van der Waals surface area contributed by atoms with Crippen molar-refractivity contribution in [3.63, 3.8) is 0 Å². The van der Waals surface area contributed by atoms with Crippen LogP contribution in [0.4, 0.5) is 0 Å². The lowest BCUT2D eigenvalue weighted by molar-refractivity contribution is 0.466. The molecule has 3 rings (SSSR count). The minimum atomic E-state index is -3.38. The minimum Gasteiger partial charge on any atom is -0.508 e. The van der Waals surface area contributed by atoms with Gasteiger partial charge in [0.25, 0.3) is 0 Å². The number of hydrogen-bond acceptors (Lipinski definition) is 3. The van der Waals surface area contributed by atoms with Crippen LogP contribution in [-0.2, 0) is 16.3 Å². The lowest BCUT2D eigenvalue weighted by Gasteiger charge is -2.09. The van der Waals surface area contributed by atoms with Crippen molar-refractivity contribution in [2.24, 2.45) is 0 Å². The largest absolute Gasteiger partial charge is 0.508 e. The van der Waals surface area contributed by atoms with Crippen LogP contribution in [0.15, 0.2) is 53.4 Å². The first-order chi connectivity index (χ1) is 8.60. The Kier molecular flexibility index (Phi) is 2.41. The Morgan fingerprint density at radius 2 is 1.72 bits per heavy atom. The molecule has 18 heavy (non-hydrogen) atoms. The second kappa shape index (κ2) is 3.85. The van der Waals surface area contributed by atoms with Gasteiger partial charge in [-0.3, -0.25) is 0 Å². The molecule has 0 bridgehead atoms. The van der Waals surface area contributed by atoms with E-state index in [1.54, 1.807) is 12.1 Å². The first kappa shape index (κ1) is 11.3. The molecular formula is C14H12O3S.